The van der Waals surface area contributed by atoms with Gasteiger partial charge in [-0.3, -0.25) is 14.4 Å². The minimum Gasteiger partial charge on any atom is -0.352 e. The van der Waals surface area contributed by atoms with Crippen LogP contribution in [0.5, 0.6) is 0 Å². The molecule has 0 spiro atoms. The molecule has 0 saturated heterocycles. The summed E-state index contributed by atoms with van der Waals surface area (Å²) in [5.74, 6) is -0.949. The van der Waals surface area contributed by atoms with Gasteiger partial charge in [-0.25, -0.2) is 0 Å². The summed E-state index contributed by atoms with van der Waals surface area (Å²) in [6.45, 7) is 3.43. The largest absolute Gasteiger partial charge is 0.352 e. The molecule has 0 aromatic heterocycles. The Bertz CT molecular complexity index is 392. The molecule has 1 atom stereocenters. The molecule has 7 nitrogen and oxygen atoms in total. The Balaban J connectivity index is 2.16. The molecule has 3 amide bonds. The van der Waals surface area contributed by atoms with Crippen LogP contribution in [0.2, 0.25) is 0 Å². The zero-order chi connectivity index (χ0) is 16.5. The summed E-state index contributed by atoms with van der Waals surface area (Å²) in [4.78, 5) is 34.9. The van der Waals surface area contributed by atoms with Crippen LogP contribution in [0, 0.1) is 5.92 Å². The van der Waals surface area contributed by atoms with Crippen LogP contribution in [-0.4, -0.2) is 42.9 Å². The van der Waals surface area contributed by atoms with Crippen LogP contribution >= 0.6 is 0 Å². The molecule has 1 aliphatic rings. The van der Waals surface area contributed by atoms with Crippen LogP contribution in [0.3, 0.4) is 0 Å². The summed E-state index contributed by atoms with van der Waals surface area (Å²) >= 11 is 0. The molecule has 0 aromatic carbocycles. The Hall–Kier alpha value is -1.63. The normalized spacial score (nSPS) is 16.9. The quantitative estimate of drug-likeness (QED) is 0.514. The first-order valence-corrected chi connectivity index (χ1v) is 7.99. The number of hydrogen-bond acceptors (Lipinski definition) is 4. The molecule has 0 aliphatic heterocycles. The SMILES string of the molecule is CC(C)[C@H](N)C(=O)NCC(=O)NCC(=O)NC1CCCCC1. The molecule has 0 bridgehead atoms. The van der Waals surface area contributed by atoms with Crippen LogP contribution in [0.4, 0.5) is 0 Å². The van der Waals surface area contributed by atoms with Gasteiger partial charge in [-0.05, 0) is 18.8 Å². The fourth-order valence-electron chi connectivity index (χ4n) is 2.35. The smallest absolute Gasteiger partial charge is 0.239 e. The maximum Gasteiger partial charge on any atom is 0.239 e. The number of hydrogen-bond donors (Lipinski definition) is 4. The molecule has 7 heteroatoms. The second-order valence-electron chi connectivity index (χ2n) is 6.17. The minimum atomic E-state index is -0.637. The third-order valence-corrected chi connectivity index (χ3v) is 3.86. The van der Waals surface area contributed by atoms with E-state index in [1.165, 1.54) is 6.42 Å². The highest BCUT2D eigenvalue weighted by atomic mass is 16.2. The molecule has 1 saturated carbocycles. The lowest BCUT2D eigenvalue weighted by molar-refractivity contribution is -0.128. The van der Waals surface area contributed by atoms with Gasteiger partial charge in [0.25, 0.3) is 0 Å². The van der Waals surface area contributed by atoms with Crippen LogP contribution < -0.4 is 21.7 Å². The van der Waals surface area contributed by atoms with E-state index in [9.17, 15) is 14.4 Å². The second kappa shape index (κ2) is 9.40. The summed E-state index contributed by atoms with van der Waals surface area (Å²) < 4.78 is 0. The Labute approximate surface area is 131 Å². The highest BCUT2D eigenvalue weighted by Gasteiger charge is 2.18. The van der Waals surface area contributed by atoms with Crippen molar-refractivity contribution in [3.8, 4) is 0 Å². The van der Waals surface area contributed by atoms with Crippen molar-refractivity contribution in [2.75, 3.05) is 13.1 Å². The molecule has 22 heavy (non-hydrogen) atoms. The van der Waals surface area contributed by atoms with Gasteiger partial charge in [0, 0.05) is 6.04 Å². The van der Waals surface area contributed by atoms with E-state index in [-0.39, 0.29) is 36.9 Å². The molecule has 0 radical (unpaired) electrons. The van der Waals surface area contributed by atoms with E-state index < -0.39 is 11.9 Å². The number of nitrogens with one attached hydrogen (secondary N) is 3. The van der Waals surface area contributed by atoms with Gasteiger partial charge < -0.3 is 21.7 Å². The molecule has 0 heterocycles. The molecule has 126 valence electrons. The van der Waals surface area contributed by atoms with Gasteiger partial charge in [-0.1, -0.05) is 33.1 Å². The standard InChI is InChI=1S/C15H28N4O3/c1-10(2)14(16)15(22)18-8-12(20)17-9-13(21)19-11-6-4-3-5-7-11/h10-11,14H,3-9,16H2,1-2H3,(H,17,20)(H,18,22)(H,19,21)/t14-/m0/s1. The average molecular weight is 312 g/mol. The Kier molecular flexibility index (Phi) is 7.87. The van der Waals surface area contributed by atoms with Gasteiger partial charge >= 0.3 is 0 Å². The molecular weight excluding hydrogens is 284 g/mol. The lowest BCUT2D eigenvalue weighted by Gasteiger charge is -2.22. The van der Waals surface area contributed by atoms with Gasteiger partial charge in [-0.15, -0.1) is 0 Å². The van der Waals surface area contributed by atoms with Crippen molar-refractivity contribution in [3.05, 3.63) is 0 Å². The van der Waals surface area contributed by atoms with E-state index in [4.69, 9.17) is 5.73 Å². The zero-order valence-electron chi connectivity index (χ0n) is 13.5. The fraction of sp³-hybridized carbons (Fsp3) is 0.800. The number of carbonyl (C=O) groups excluding carboxylic acids is 3. The van der Waals surface area contributed by atoms with Crippen molar-refractivity contribution in [2.45, 2.75) is 58.0 Å². The molecule has 5 N–H and O–H groups in total. The van der Waals surface area contributed by atoms with Crippen molar-refractivity contribution in [3.63, 3.8) is 0 Å². The van der Waals surface area contributed by atoms with Crippen LogP contribution in [0.1, 0.15) is 46.0 Å². The van der Waals surface area contributed by atoms with Gasteiger partial charge in [-0.2, -0.15) is 0 Å². The molecular formula is C15H28N4O3. The lowest BCUT2D eigenvalue weighted by Crippen LogP contribution is -2.48. The second-order valence-corrected chi connectivity index (χ2v) is 6.17. The fourth-order valence-corrected chi connectivity index (χ4v) is 2.35. The van der Waals surface area contributed by atoms with E-state index in [1.807, 2.05) is 13.8 Å². The topological polar surface area (TPSA) is 113 Å². The number of amides is 3. The van der Waals surface area contributed by atoms with Crippen molar-refractivity contribution < 1.29 is 14.4 Å². The molecule has 0 aromatic rings. The summed E-state index contributed by atoms with van der Waals surface area (Å²) in [6.07, 6.45) is 5.51. The van der Waals surface area contributed by atoms with E-state index in [0.717, 1.165) is 25.7 Å². The maximum absolute atomic E-state index is 11.7. The van der Waals surface area contributed by atoms with Gasteiger partial charge in [0.05, 0.1) is 19.1 Å². The van der Waals surface area contributed by atoms with Crippen LogP contribution in [0.25, 0.3) is 0 Å². The highest BCUT2D eigenvalue weighted by Crippen LogP contribution is 2.16. The summed E-state index contributed by atoms with van der Waals surface area (Å²) in [5.41, 5.74) is 5.66. The monoisotopic (exact) mass is 312 g/mol. The molecule has 1 aliphatic carbocycles. The van der Waals surface area contributed by atoms with E-state index in [2.05, 4.69) is 16.0 Å². The van der Waals surface area contributed by atoms with E-state index >= 15 is 0 Å². The van der Waals surface area contributed by atoms with Crippen molar-refractivity contribution in [1.82, 2.24) is 16.0 Å². The third kappa shape index (κ3) is 6.89. The number of carbonyl (C=O) groups is 3. The van der Waals surface area contributed by atoms with Crippen molar-refractivity contribution in [2.24, 2.45) is 11.7 Å². The highest BCUT2D eigenvalue weighted by molar-refractivity contribution is 5.89. The maximum atomic E-state index is 11.7. The van der Waals surface area contributed by atoms with Crippen LogP contribution in [0.15, 0.2) is 0 Å². The minimum absolute atomic E-state index is 0.00401. The summed E-state index contributed by atoms with van der Waals surface area (Å²) in [6, 6.07) is -0.413. The first-order chi connectivity index (χ1) is 10.4. The van der Waals surface area contributed by atoms with Crippen LogP contribution in [-0.2, 0) is 14.4 Å². The third-order valence-electron chi connectivity index (χ3n) is 3.86. The zero-order valence-corrected chi connectivity index (χ0v) is 13.5. The molecule has 1 rings (SSSR count). The predicted molar refractivity (Wildman–Crippen MR) is 83.8 cm³/mol. The predicted octanol–water partition coefficient (Wildman–Crippen LogP) is -0.349. The molecule has 0 unspecified atom stereocenters. The van der Waals surface area contributed by atoms with E-state index in [1.54, 1.807) is 0 Å². The first-order valence-electron chi connectivity index (χ1n) is 7.99. The van der Waals surface area contributed by atoms with E-state index in [0.29, 0.717) is 0 Å². The lowest BCUT2D eigenvalue weighted by atomic mass is 9.95. The number of nitrogens with two attached hydrogens (primary N) is 1. The molecule has 1 fully saturated rings. The Morgan fingerprint density at radius 1 is 1.00 bits per heavy atom. The summed E-state index contributed by atoms with van der Waals surface area (Å²) in [7, 11) is 0. The van der Waals surface area contributed by atoms with Gasteiger partial charge in [0.1, 0.15) is 0 Å². The van der Waals surface area contributed by atoms with Gasteiger partial charge in [0.2, 0.25) is 17.7 Å². The number of rotatable bonds is 7. The summed E-state index contributed by atoms with van der Waals surface area (Å²) in [5, 5.41) is 7.86. The van der Waals surface area contributed by atoms with Crippen molar-refractivity contribution in [1.29, 1.82) is 0 Å². The van der Waals surface area contributed by atoms with Gasteiger partial charge in [0.15, 0.2) is 0 Å². The first kappa shape index (κ1) is 18.4. The Morgan fingerprint density at radius 3 is 2.18 bits per heavy atom. The Morgan fingerprint density at radius 2 is 1.59 bits per heavy atom. The van der Waals surface area contributed by atoms with Crippen molar-refractivity contribution >= 4 is 17.7 Å². The average Bonchev–Trinajstić information content (AvgIpc) is 2.50.